The van der Waals surface area contributed by atoms with Gasteiger partial charge in [0.25, 0.3) is 5.91 Å². The van der Waals surface area contributed by atoms with Crippen LogP contribution in [-0.2, 0) is 4.79 Å². The van der Waals surface area contributed by atoms with Crippen molar-refractivity contribution >= 4 is 40.1 Å². The smallest absolute Gasteiger partial charge is 0.336 e. The standard InChI is InChI=1S/C19H15BrN4O4/c1-12-9-16(23-22-12)19(26)24-21-11-13-10-14(20)4-6-17(13)28-18(25)7-5-15-3-2-8-27-15/h2-11H,1H3,(H,22,23)(H,24,26)/b7-5+,21-11-. The van der Waals surface area contributed by atoms with E-state index in [4.69, 9.17) is 9.15 Å². The number of esters is 1. The third-order valence-corrected chi connectivity index (χ3v) is 3.91. The van der Waals surface area contributed by atoms with E-state index in [1.54, 1.807) is 43.3 Å². The number of benzene rings is 1. The minimum Gasteiger partial charge on any atom is -0.465 e. The topological polar surface area (TPSA) is 110 Å². The number of hydrazone groups is 1. The van der Waals surface area contributed by atoms with Crippen molar-refractivity contribution in [3.8, 4) is 5.75 Å². The fraction of sp³-hybridized carbons (Fsp3) is 0.0526. The first kappa shape index (κ1) is 19.3. The van der Waals surface area contributed by atoms with Crippen molar-refractivity contribution in [1.82, 2.24) is 15.6 Å². The van der Waals surface area contributed by atoms with E-state index in [9.17, 15) is 9.59 Å². The molecule has 3 aromatic rings. The van der Waals surface area contributed by atoms with Gasteiger partial charge in [0.2, 0.25) is 0 Å². The Hall–Kier alpha value is -3.46. The normalized spacial score (nSPS) is 11.2. The number of aromatic amines is 1. The van der Waals surface area contributed by atoms with E-state index in [0.29, 0.717) is 11.3 Å². The Labute approximate surface area is 168 Å². The Bertz CT molecular complexity index is 1040. The van der Waals surface area contributed by atoms with Crippen molar-refractivity contribution < 1.29 is 18.7 Å². The summed E-state index contributed by atoms with van der Waals surface area (Å²) in [6, 6.07) is 10.1. The number of amides is 1. The van der Waals surface area contributed by atoms with Crippen molar-refractivity contribution in [3.63, 3.8) is 0 Å². The molecule has 2 N–H and O–H groups in total. The molecule has 0 bridgehead atoms. The number of halogens is 1. The van der Waals surface area contributed by atoms with Crippen molar-refractivity contribution in [1.29, 1.82) is 0 Å². The average molecular weight is 443 g/mol. The van der Waals surface area contributed by atoms with Crippen molar-refractivity contribution in [2.24, 2.45) is 5.10 Å². The Balaban J connectivity index is 1.68. The molecule has 2 heterocycles. The Morgan fingerprint density at radius 1 is 1.32 bits per heavy atom. The molecule has 0 saturated heterocycles. The lowest BCUT2D eigenvalue weighted by Crippen LogP contribution is -2.18. The van der Waals surface area contributed by atoms with Gasteiger partial charge in [0, 0.05) is 21.8 Å². The zero-order valence-corrected chi connectivity index (χ0v) is 16.3. The van der Waals surface area contributed by atoms with Crippen LogP contribution in [0.1, 0.15) is 27.5 Å². The van der Waals surface area contributed by atoms with Gasteiger partial charge in [-0.2, -0.15) is 10.2 Å². The summed E-state index contributed by atoms with van der Waals surface area (Å²) >= 11 is 3.35. The highest BCUT2D eigenvalue weighted by molar-refractivity contribution is 9.10. The molecule has 1 aromatic carbocycles. The molecule has 0 unspecified atom stereocenters. The van der Waals surface area contributed by atoms with Crippen molar-refractivity contribution in [3.05, 3.63) is 75.9 Å². The highest BCUT2D eigenvalue weighted by atomic mass is 79.9. The van der Waals surface area contributed by atoms with Gasteiger partial charge < -0.3 is 9.15 Å². The number of hydrogen-bond acceptors (Lipinski definition) is 6. The highest BCUT2D eigenvalue weighted by Crippen LogP contribution is 2.22. The lowest BCUT2D eigenvalue weighted by Gasteiger charge is -2.06. The first-order valence-corrected chi connectivity index (χ1v) is 8.89. The van der Waals surface area contributed by atoms with Crippen LogP contribution in [0.4, 0.5) is 0 Å². The fourth-order valence-corrected chi connectivity index (χ4v) is 2.52. The van der Waals surface area contributed by atoms with E-state index in [-0.39, 0.29) is 11.4 Å². The van der Waals surface area contributed by atoms with Crippen LogP contribution >= 0.6 is 15.9 Å². The number of aryl methyl sites for hydroxylation is 1. The second-order valence-electron chi connectivity index (χ2n) is 5.59. The highest BCUT2D eigenvalue weighted by Gasteiger charge is 2.09. The van der Waals surface area contributed by atoms with Gasteiger partial charge in [0.1, 0.15) is 11.5 Å². The van der Waals surface area contributed by atoms with Gasteiger partial charge in [0.05, 0.1) is 12.5 Å². The average Bonchev–Trinajstić information content (AvgIpc) is 3.33. The summed E-state index contributed by atoms with van der Waals surface area (Å²) in [5, 5.41) is 10.4. The summed E-state index contributed by atoms with van der Waals surface area (Å²) in [7, 11) is 0. The van der Waals surface area contributed by atoms with Crippen LogP contribution in [-0.4, -0.2) is 28.3 Å². The molecule has 28 heavy (non-hydrogen) atoms. The predicted molar refractivity (Wildman–Crippen MR) is 106 cm³/mol. The van der Waals surface area contributed by atoms with E-state index < -0.39 is 11.9 Å². The van der Waals surface area contributed by atoms with Gasteiger partial charge in [-0.15, -0.1) is 0 Å². The number of nitrogens with one attached hydrogen (secondary N) is 2. The molecule has 9 heteroatoms. The number of ether oxygens (including phenoxy) is 1. The second-order valence-corrected chi connectivity index (χ2v) is 6.50. The molecule has 0 saturated carbocycles. The molecule has 0 aliphatic rings. The number of aromatic nitrogens is 2. The largest absolute Gasteiger partial charge is 0.465 e. The summed E-state index contributed by atoms with van der Waals surface area (Å²) in [6.07, 6.45) is 5.64. The minimum atomic E-state index is -0.579. The molecular weight excluding hydrogens is 428 g/mol. The number of hydrogen-bond donors (Lipinski definition) is 2. The lowest BCUT2D eigenvalue weighted by atomic mass is 10.2. The quantitative estimate of drug-likeness (QED) is 0.199. The van der Waals surface area contributed by atoms with E-state index >= 15 is 0 Å². The van der Waals surface area contributed by atoms with E-state index in [2.05, 4.69) is 36.7 Å². The van der Waals surface area contributed by atoms with Gasteiger partial charge in [0.15, 0.2) is 5.69 Å². The molecule has 3 rings (SSSR count). The molecule has 0 aliphatic heterocycles. The van der Waals surface area contributed by atoms with E-state index in [1.165, 1.54) is 24.6 Å². The molecule has 2 aromatic heterocycles. The number of carbonyl (C=O) groups excluding carboxylic acids is 2. The summed E-state index contributed by atoms with van der Waals surface area (Å²) < 4.78 is 11.2. The molecule has 142 valence electrons. The van der Waals surface area contributed by atoms with Crippen LogP contribution in [0.5, 0.6) is 5.75 Å². The van der Waals surface area contributed by atoms with Gasteiger partial charge in [-0.05, 0) is 49.4 Å². The zero-order valence-electron chi connectivity index (χ0n) is 14.7. The van der Waals surface area contributed by atoms with Crippen LogP contribution < -0.4 is 10.2 Å². The monoisotopic (exact) mass is 442 g/mol. The molecular formula is C19H15BrN4O4. The summed E-state index contributed by atoms with van der Waals surface area (Å²) in [5.41, 5.74) is 3.85. The van der Waals surface area contributed by atoms with Gasteiger partial charge >= 0.3 is 5.97 Å². The SMILES string of the molecule is Cc1cc(C(=O)N/N=C\c2cc(Br)ccc2OC(=O)/C=C/c2ccco2)n[nH]1. The fourth-order valence-electron chi connectivity index (χ4n) is 2.14. The Kier molecular flexibility index (Phi) is 6.18. The number of H-pyrrole nitrogens is 1. The van der Waals surface area contributed by atoms with E-state index in [1.807, 2.05) is 0 Å². The zero-order chi connectivity index (χ0) is 19.9. The third-order valence-electron chi connectivity index (χ3n) is 3.42. The number of furan rings is 1. The van der Waals surface area contributed by atoms with Crippen molar-refractivity contribution in [2.75, 3.05) is 0 Å². The van der Waals surface area contributed by atoms with Crippen LogP contribution in [0.2, 0.25) is 0 Å². The Morgan fingerprint density at radius 2 is 2.18 bits per heavy atom. The molecule has 0 aliphatic carbocycles. The third kappa shape index (κ3) is 5.27. The number of rotatable bonds is 6. The minimum absolute atomic E-state index is 0.221. The first-order valence-electron chi connectivity index (χ1n) is 8.09. The molecule has 0 fully saturated rings. The number of nitrogens with zero attached hydrogens (tertiary/aromatic N) is 2. The van der Waals surface area contributed by atoms with Gasteiger partial charge in [-0.1, -0.05) is 15.9 Å². The number of carbonyl (C=O) groups is 2. The van der Waals surface area contributed by atoms with Crippen LogP contribution in [0.15, 0.2) is 62.7 Å². The molecule has 0 spiro atoms. The van der Waals surface area contributed by atoms with Crippen LogP contribution in [0.25, 0.3) is 6.08 Å². The Morgan fingerprint density at radius 3 is 2.89 bits per heavy atom. The lowest BCUT2D eigenvalue weighted by molar-refractivity contribution is -0.128. The first-order chi connectivity index (χ1) is 13.5. The second kappa shape index (κ2) is 8.96. The van der Waals surface area contributed by atoms with Gasteiger partial charge in [-0.25, -0.2) is 10.2 Å². The molecule has 0 radical (unpaired) electrons. The van der Waals surface area contributed by atoms with Crippen molar-refractivity contribution in [2.45, 2.75) is 6.92 Å². The summed E-state index contributed by atoms with van der Waals surface area (Å²) in [5.74, 6) is -0.225. The van der Waals surface area contributed by atoms with Gasteiger partial charge in [-0.3, -0.25) is 9.89 Å². The molecule has 1 amide bonds. The predicted octanol–water partition coefficient (Wildman–Crippen LogP) is 3.46. The summed E-state index contributed by atoms with van der Waals surface area (Å²) in [6.45, 7) is 1.79. The molecule has 0 atom stereocenters. The van der Waals surface area contributed by atoms with E-state index in [0.717, 1.165) is 10.2 Å². The maximum Gasteiger partial charge on any atom is 0.336 e. The van der Waals surface area contributed by atoms with Crippen LogP contribution in [0, 0.1) is 6.92 Å². The maximum absolute atomic E-state index is 12.0. The maximum atomic E-state index is 12.0. The van der Waals surface area contributed by atoms with Crippen LogP contribution in [0.3, 0.4) is 0 Å². The summed E-state index contributed by atoms with van der Waals surface area (Å²) in [4.78, 5) is 24.0. The molecule has 8 nitrogen and oxygen atoms in total.